The molecule has 0 N–H and O–H groups in total. The first kappa shape index (κ1) is 29.3. The molecule has 0 amide bonds. The summed E-state index contributed by atoms with van der Waals surface area (Å²) in [5.74, 6) is 0.389. The van der Waals surface area contributed by atoms with E-state index in [-0.39, 0.29) is 18.2 Å². The van der Waals surface area contributed by atoms with Gasteiger partial charge in [0.1, 0.15) is 17.3 Å². The van der Waals surface area contributed by atoms with Crippen LogP contribution in [-0.4, -0.2) is 58.4 Å². The second-order valence-electron chi connectivity index (χ2n) is 10.9. The van der Waals surface area contributed by atoms with Gasteiger partial charge in [-0.3, -0.25) is 14.9 Å². The molecule has 2 aliphatic heterocycles. The third-order valence-corrected chi connectivity index (χ3v) is 7.97. The van der Waals surface area contributed by atoms with Gasteiger partial charge in [0.25, 0.3) is 0 Å². The molecule has 4 heterocycles. The molecule has 0 spiro atoms. The van der Waals surface area contributed by atoms with E-state index in [1.807, 2.05) is 68.6 Å². The molecule has 2 aliphatic rings. The largest absolute Gasteiger partial charge is 0.614 e. The number of aromatic nitrogens is 2. The summed E-state index contributed by atoms with van der Waals surface area (Å²) >= 11 is 0. The van der Waals surface area contributed by atoms with Crippen molar-refractivity contribution in [1.29, 1.82) is 0 Å². The van der Waals surface area contributed by atoms with Crippen LogP contribution in [0.15, 0.2) is 119 Å². The number of fused-ring (bicyclic) bond motifs is 1. The van der Waals surface area contributed by atoms with E-state index in [1.165, 1.54) is 6.07 Å². The fourth-order valence-corrected chi connectivity index (χ4v) is 5.67. The van der Waals surface area contributed by atoms with E-state index < -0.39 is 4.65 Å². The summed E-state index contributed by atoms with van der Waals surface area (Å²) in [6.45, 7) is 2.88. The lowest BCUT2D eigenvalue weighted by atomic mass is 9.95. The number of quaternary nitrogens is 1. The SMILES string of the molecule is COc1cccc(C2=C(C)C(Cc3ccccc3F)=NC3=NC(c4cccnc4)=C(CN(C)CCc4ccccn4)[N+]32[O-])c1. The second-order valence-corrected chi connectivity index (χ2v) is 10.9. The summed E-state index contributed by atoms with van der Waals surface area (Å²) in [5.41, 5.74) is 5.70. The van der Waals surface area contributed by atoms with Crippen molar-refractivity contribution in [2.45, 2.75) is 19.8 Å². The molecular formula is C35H33FN6O2. The Balaban J connectivity index is 1.48. The average Bonchev–Trinajstić information content (AvgIpc) is 3.33. The zero-order chi connectivity index (χ0) is 30.7. The molecule has 2 aromatic carbocycles. The van der Waals surface area contributed by atoms with Crippen molar-refractivity contribution >= 4 is 23.1 Å². The van der Waals surface area contributed by atoms with Gasteiger partial charge >= 0.3 is 5.96 Å². The molecule has 9 heteroatoms. The number of halogens is 1. The molecule has 2 aromatic heterocycles. The van der Waals surface area contributed by atoms with Gasteiger partial charge in [-0.25, -0.2) is 9.04 Å². The maximum absolute atomic E-state index is 15.6. The van der Waals surface area contributed by atoms with Crippen LogP contribution in [-0.2, 0) is 12.8 Å². The second kappa shape index (κ2) is 12.4. The fourth-order valence-electron chi connectivity index (χ4n) is 5.67. The molecule has 6 rings (SSSR count). The number of pyridine rings is 2. The lowest BCUT2D eigenvalue weighted by Gasteiger charge is -2.43. The van der Waals surface area contributed by atoms with Crippen molar-refractivity contribution in [3.63, 3.8) is 0 Å². The highest BCUT2D eigenvalue weighted by atomic mass is 19.1. The normalized spacial score (nSPS) is 18.0. The van der Waals surface area contributed by atoms with E-state index in [0.29, 0.717) is 58.3 Å². The van der Waals surface area contributed by atoms with Crippen molar-refractivity contribution in [3.05, 3.63) is 142 Å². The number of hydrogen-bond donors (Lipinski definition) is 0. The third kappa shape index (κ3) is 5.60. The first-order valence-electron chi connectivity index (χ1n) is 14.5. The number of benzene rings is 2. The van der Waals surface area contributed by atoms with E-state index in [9.17, 15) is 4.39 Å². The van der Waals surface area contributed by atoms with Crippen LogP contribution >= 0.6 is 0 Å². The van der Waals surface area contributed by atoms with Gasteiger partial charge in [0.05, 0.1) is 19.4 Å². The molecule has 1 unspecified atom stereocenters. The van der Waals surface area contributed by atoms with Crippen LogP contribution < -0.4 is 4.74 Å². The predicted molar refractivity (Wildman–Crippen MR) is 171 cm³/mol. The van der Waals surface area contributed by atoms with E-state index >= 15 is 5.21 Å². The molecule has 0 bridgehead atoms. The Morgan fingerprint density at radius 2 is 1.75 bits per heavy atom. The minimum atomic E-state index is -0.960. The number of hydrogen-bond acceptors (Lipinski definition) is 7. The summed E-state index contributed by atoms with van der Waals surface area (Å²) in [4.78, 5) is 20.6. The molecule has 0 saturated heterocycles. The molecule has 222 valence electrons. The number of hydroxylamine groups is 3. The maximum atomic E-state index is 15.6. The van der Waals surface area contributed by atoms with Crippen LogP contribution in [0.5, 0.6) is 5.75 Å². The molecule has 0 fully saturated rings. The summed E-state index contributed by atoms with van der Waals surface area (Å²) in [5, 5.41) is 15.6. The topological polar surface area (TPSA) is 86.0 Å². The van der Waals surface area contributed by atoms with Crippen LogP contribution in [0.1, 0.15) is 29.3 Å². The molecule has 0 aliphatic carbocycles. The smallest absolute Gasteiger partial charge is 0.340 e. The van der Waals surface area contributed by atoms with E-state index in [2.05, 4.69) is 14.9 Å². The lowest BCUT2D eigenvalue weighted by molar-refractivity contribution is -0.665. The summed E-state index contributed by atoms with van der Waals surface area (Å²) in [6.07, 6.45) is 6.13. The average molecular weight is 589 g/mol. The molecule has 0 saturated carbocycles. The van der Waals surface area contributed by atoms with Crippen molar-refractivity contribution in [3.8, 4) is 5.75 Å². The maximum Gasteiger partial charge on any atom is 0.340 e. The van der Waals surface area contributed by atoms with Gasteiger partial charge in [0.15, 0.2) is 11.4 Å². The Morgan fingerprint density at radius 1 is 0.932 bits per heavy atom. The number of likely N-dealkylation sites (N-methyl/N-ethyl adjacent to an activating group) is 1. The van der Waals surface area contributed by atoms with Crippen molar-refractivity contribution in [2.24, 2.45) is 9.98 Å². The summed E-state index contributed by atoms with van der Waals surface area (Å²) in [6, 6.07) is 23.7. The van der Waals surface area contributed by atoms with Crippen molar-refractivity contribution in [1.82, 2.24) is 14.9 Å². The van der Waals surface area contributed by atoms with Crippen LogP contribution in [0.2, 0.25) is 0 Å². The van der Waals surface area contributed by atoms with Gasteiger partial charge in [-0.2, -0.15) is 9.98 Å². The Kier molecular flexibility index (Phi) is 8.25. The van der Waals surface area contributed by atoms with Crippen LogP contribution in [0.25, 0.3) is 11.4 Å². The van der Waals surface area contributed by atoms with E-state index in [1.54, 1.807) is 43.9 Å². The van der Waals surface area contributed by atoms with Gasteiger partial charge in [-0.05, 0) is 68.1 Å². The number of guanidine groups is 1. The van der Waals surface area contributed by atoms with Crippen LogP contribution in [0.4, 0.5) is 4.39 Å². The Morgan fingerprint density at radius 3 is 2.50 bits per heavy atom. The number of methoxy groups -OCH3 is 1. The quantitative estimate of drug-likeness (QED) is 0.161. The fraction of sp³-hybridized carbons (Fsp3) is 0.200. The number of aliphatic imine (C=N–C) groups is 2. The van der Waals surface area contributed by atoms with Gasteiger partial charge in [-0.1, -0.05) is 30.3 Å². The molecule has 44 heavy (non-hydrogen) atoms. The Labute approximate surface area is 256 Å². The number of allylic oxidation sites excluding steroid dienone is 1. The van der Waals surface area contributed by atoms with Crippen molar-refractivity contribution < 1.29 is 13.8 Å². The monoisotopic (exact) mass is 588 g/mol. The van der Waals surface area contributed by atoms with Crippen LogP contribution in [0, 0.1) is 11.0 Å². The van der Waals surface area contributed by atoms with E-state index in [0.717, 1.165) is 17.7 Å². The molecule has 4 aromatic rings. The Hall–Kier alpha value is -4.83. The first-order chi connectivity index (χ1) is 21.4. The van der Waals surface area contributed by atoms with Crippen LogP contribution in [0.3, 0.4) is 0 Å². The Bertz CT molecular complexity index is 1800. The minimum absolute atomic E-state index is 0.0896. The zero-order valence-corrected chi connectivity index (χ0v) is 24.9. The van der Waals surface area contributed by atoms with E-state index in [4.69, 9.17) is 14.7 Å². The molecule has 1 atom stereocenters. The number of nitrogens with zero attached hydrogens (tertiary/aromatic N) is 6. The highest BCUT2D eigenvalue weighted by Gasteiger charge is 2.48. The van der Waals surface area contributed by atoms with Gasteiger partial charge in [-0.15, -0.1) is 0 Å². The third-order valence-electron chi connectivity index (χ3n) is 7.97. The standard InChI is InChI=1S/C35H33FN6O2/c1-24-31(21-25-10-4-5-15-30(25)36)39-35-40-33(27-12-9-17-37-22-27)32(23-41(2)19-16-28-13-6-7-18-38-28)42(35,43)34(24)26-11-8-14-29(20-26)44-3/h4-15,17-18,20,22H,16,19,21,23H2,1-3H3. The molecular weight excluding hydrogens is 555 g/mol. The highest BCUT2D eigenvalue weighted by Crippen LogP contribution is 2.46. The predicted octanol–water partition coefficient (Wildman–Crippen LogP) is 6.28. The van der Waals surface area contributed by atoms with Gasteiger partial charge in [0, 0.05) is 60.4 Å². The highest BCUT2D eigenvalue weighted by molar-refractivity contribution is 6.15. The molecule has 0 radical (unpaired) electrons. The lowest BCUT2D eigenvalue weighted by Crippen LogP contribution is -2.48. The number of ether oxygens (including phenoxy) is 1. The van der Waals surface area contributed by atoms with Crippen molar-refractivity contribution in [2.75, 3.05) is 27.2 Å². The van der Waals surface area contributed by atoms with Gasteiger partial charge in [0.2, 0.25) is 0 Å². The van der Waals surface area contributed by atoms with Gasteiger partial charge < -0.3 is 9.94 Å². The first-order valence-corrected chi connectivity index (χ1v) is 14.5. The minimum Gasteiger partial charge on any atom is -0.614 e. The molecule has 8 nitrogen and oxygen atoms in total. The summed E-state index contributed by atoms with van der Waals surface area (Å²) in [7, 11) is 3.58. The number of rotatable bonds is 10. The summed E-state index contributed by atoms with van der Waals surface area (Å²) < 4.78 is 19.4. The zero-order valence-electron chi connectivity index (χ0n) is 24.9.